The smallest absolute Gasteiger partial charge is 0.288 e. The van der Waals surface area contributed by atoms with Crippen molar-refractivity contribution < 1.29 is 19.1 Å². The summed E-state index contributed by atoms with van der Waals surface area (Å²) in [6.07, 6.45) is -1.07. The predicted molar refractivity (Wildman–Crippen MR) is 69.9 cm³/mol. The van der Waals surface area contributed by atoms with E-state index in [2.05, 4.69) is 5.48 Å². The van der Waals surface area contributed by atoms with Gasteiger partial charge in [0.1, 0.15) is 6.10 Å². The van der Waals surface area contributed by atoms with Gasteiger partial charge in [0.05, 0.1) is 6.61 Å². The molecular weight excluding hydrogens is 246 g/mol. The standard InChI is InChI=1S/C14H19NO4/c1-9(2)8-17-15-14(16)13-10(3)18-11-6-4-5-7-12(11)19-13/h4-7,9-10,13H,8H2,1-3H3,(H,15,16). The molecule has 1 amide bonds. The van der Waals surface area contributed by atoms with Crippen molar-refractivity contribution in [3.05, 3.63) is 24.3 Å². The van der Waals surface area contributed by atoms with Crippen LogP contribution >= 0.6 is 0 Å². The number of hydrogen-bond acceptors (Lipinski definition) is 4. The van der Waals surface area contributed by atoms with Crippen molar-refractivity contribution in [1.29, 1.82) is 0 Å². The first-order chi connectivity index (χ1) is 9.08. The normalized spacial score (nSPS) is 21.3. The van der Waals surface area contributed by atoms with Crippen LogP contribution in [0.1, 0.15) is 20.8 Å². The summed E-state index contributed by atoms with van der Waals surface area (Å²) < 4.78 is 11.3. The Morgan fingerprint density at radius 3 is 2.58 bits per heavy atom. The summed E-state index contributed by atoms with van der Waals surface area (Å²) in [6, 6.07) is 7.29. The van der Waals surface area contributed by atoms with Crippen molar-refractivity contribution in [2.45, 2.75) is 33.0 Å². The maximum absolute atomic E-state index is 12.0. The van der Waals surface area contributed by atoms with Gasteiger partial charge >= 0.3 is 0 Å². The Bertz CT molecular complexity index is 447. The zero-order chi connectivity index (χ0) is 13.8. The van der Waals surface area contributed by atoms with Crippen molar-refractivity contribution in [3.8, 4) is 11.5 Å². The summed E-state index contributed by atoms with van der Waals surface area (Å²) in [5.74, 6) is 1.25. The molecule has 0 saturated heterocycles. The van der Waals surface area contributed by atoms with Crippen LogP contribution in [0.3, 0.4) is 0 Å². The molecule has 1 aliphatic heterocycles. The second kappa shape index (κ2) is 5.93. The van der Waals surface area contributed by atoms with E-state index in [0.29, 0.717) is 24.0 Å². The lowest BCUT2D eigenvalue weighted by molar-refractivity contribution is -0.147. The van der Waals surface area contributed by atoms with E-state index in [1.54, 1.807) is 13.0 Å². The molecule has 0 spiro atoms. The number of para-hydroxylation sites is 2. The number of benzene rings is 1. The van der Waals surface area contributed by atoms with Gasteiger partial charge < -0.3 is 9.47 Å². The Morgan fingerprint density at radius 2 is 1.95 bits per heavy atom. The number of carbonyl (C=O) groups excluding carboxylic acids is 1. The monoisotopic (exact) mass is 265 g/mol. The molecule has 0 radical (unpaired) electrons. The van der Waals surface area contributed by atoms with Crippen molar-refractivity contribution in [1.82, 2.24) is 5.48 Å². The van der Waals surface area contributed by atoms with E-state index in [4.69, 9.17) is 14.3 Å². The highest BCUT2D eigenvalue weighted by Crippen LogP contribution is 2.33. The molecule has 0 saturated carbocycles. The van der Waals surface area contributed by atoms with Crippen LogP contribution in [0, 0.1) is 5.92 Å². The summed E-state index contributed by atoms with van der Waals surface area (Å²) in [7, 11) is 0. The third-order valence-corrected chi connectivity index (χ3v) is 2.69. The molecule has 1 aromatic carbocycles. The zero-order valence-corrected chi connectivity index (χ0v) is 11.4. The minimum absolute atomic E-state index is 0.331. The topological polar surface area (TPSA) is 56.8 Å². The van der Waals surface area contributed by atoms with Crippen molar-refractivity contribution >= 4 is 5.91 Å². The molecule has 1 N–H and O–H groups in total. The van der Waals surface area contributed by atoms with Gasteiger partial charge in [0.25, 0.3) is 5.91 Å². The second-order valence-corrected chi connectivity index (χ2v) is 4.98. The van der Waals surface area contributed by atoms with E-state index in [-0.39, 0.29) is 12.0 Å². The third-order valence-electron chi connectivity index (χ3n) is 2.69. The van der Waals surface area contributed by atoms with Gasteiger partial charge in [0.2, 0.25) is 6.10 Å². The average Bonchev–Trinajstić information content (AvgIpc) is 2.37. The van der Waals surface area contributed by atoms with Crippen LogP contribution in [0.15, 0.2) is 24.3 Å². The van der Waals surface area contributed by atoms with Crippen LogP contribution < -0.4 is 15.0 Å². The van der Waals surface area contributed by atoms with Gasteiger partial charge in [-0.1, -0.05) is 26.0 Å². The van der Waals surface area contributed by atoms with Crippen molar-refractivity contribution in [2.75, 3.05) is 6.61 Å². The number of ether oxygens (including phenoxy) is 2. The Hall–Kier alpha value is -1.75. The van der Waals surface area contributed by atoms with Gasteiger partial charge in [0, 0.05) is 0 Å². The van der Waals surface area contributed by atoms with Gasteiger partial charge in [-0.05, 0) is 25.0 Å². The highest BCUT2D eigenvalue weighted by molar-refractivity contribution is 5.81. The number of hydroxylamine groups is 1. The molecule has 0 bridgehead atoms. The Labute approximate surface area is 112 Å². The van der Waals surface area contributed by atoms with Gasteiger partial charge in [-0.2, -0.15) is 0 Å². The van der Waals surface area contributed by atoms with Gasteiger partial charge in [-0.15, -0.1) is 0 Å². The Morgan fingerprint density at radius 1 is 1.32 bits per heavy atom. The van der Waals surface area contributed by atoms with Crippen LogP contribution in [0.5, 0.6) is 11.5 Å². The first-order valence-corrected chi connectivity index (χ1v) is 6.42. The third kappa shape index (κ3) is 3.38. The van der Waals surface area contributed by atoms with Crippen molar-refractivity contribution in [3.63, 3.8) is 0 Å². The maximum Gasteiger partial charge on any atom is 0.288 e. The number of fused-ring (bicyclic) bond motifs is 1. The number of carbonyl (C=O) groups is 1. The predicted octanol–water partition coefficient (Wildman–Crippen LogP) is 1.92. The molecule has 1 heterocycles. The molecule has 0 aliphatic carbocycles. The van der Waals surface area contributed by atoms with E-state index in [1.807, 2.05) is 32.0 Å². The first kappa shape index (κ1) is 13.7. The van der Waals surface area contributed by atoms with Crippen LogP contribution in [-0.4, -0.2) is 24.7 Å². The van der Waals surface area contributed by atoms with Crippen LogP contribution in [0.4, 0.5) is 0 Å². The Balaban J connectivity index is 1.96. The van der Waals surface area contributed by atoms with E-state index in [0.717, 1.165) is 0 Å². The minimum atomic E-state index is -0.706. The summed E-state index contributed by atoms with van der Waals surface area (Å²) in [5, 5.41) is 0. The molecule has 104 valence electrons. The van der Waals surface area contributed by atoms with E-state index in [9.17, 15) is 4.79 Å². The zero-order valence-electron chi connectivity index (χ0n) is 11.4. The molecule has 5 heteroatoms. The molecular formula is C14H19NO4. The van der Waals surface area contributed by atoms with Crippen LogP contribution in [-0.2, 0) is 9.63 Å². The molecule has 5 nitrogen and oxygen atoms in total. The lowest BCUT2D eigenvalue weighted by Crippen LogP contribution is -2.49. The van der Waals surface area contributed by atoms with E-state index >= 15 is 0 Å². The summed E-state index contributed by atoms with van der Waals surface area (Å²) in [4.78, 5) is 17.1. The first-order valence-electron chi connectivity index (χ1n) is 6.42. The van der Waals surface area contributed by atoms with Crippen molar-refractivity contribution in [2.24, 2.45) is 5.92 Å². The fourth-order valence-electron chi connectivity index (χ4n) is 1.74. The molecule has 0 aromatic heterocycles. The van der Waals surface area contributed by atoms with Crippen LogP contribution in [0.2, 0.25) is 0 Å². The SMILES string of the molecule is CC(C)CONC(=O)C1Oc2ccccc2OC1C. The largest absolute Gasteiger partial charge is 0.482 e. The van der Waals surface area contributed by atoms with E-state index in [1.165, 1.54) is 0 Å². The molecule has 2 rings (SSSR count). The van der Waals surface area contributed by atoms with Gasteiger partial charge in [-0.3, -0.25) is 9.63 Å². The summed E-state index contributed by atoms with van der Waals surface area (Å²) in [5.41, 5.74) is 2.40. The van der Waals surface area contributed by atoms with Gasteiger partial charge in [0.15, 0.2) is 11.5 Å². The minimum Gasteiger partial charge on any atom is -0.482 e. The molecule has 2 atom stereocenters. The molecule has 0 fully saturated rings. The lowest BCUT2D eigenvalue weighted by atomic mass is 10.1. The highest BCUT2D eigenvalue weighted by Gasteiger charge is 2.34. The number of nitrogens with one attached hydrogen (secondary N) is 1. The molecule has 1 aromatic rings. The molecule has 1 aliphatic rings. The highest BCUT2D eigenvalue weighted by atomic mass is 16.7. The summed E-state index contributed by atoms with van der Waals surface area (Å²) >= 11 is 0. The van der Waals surface area contributed by atoms with Crippen LogP contribution in [0.25, 0.3) is 0 Å². The summed E-state index contributed by atoms with van der Waals surface area (Å²) in [6.45, 7) is 6.27. The molecule has 2 unspecified atom stereocenters. The fourth-order valence-corrected chi connectivity index (χ4v) is 1.74. The fraction of sp³-hybridized carbons (Fsp3) is 0.500. The number of amides is 1. The maximum atomic E-state index is 12.0. The Kier molecular flexibility index (Phi) is 4.27. The van der Waals surface area contributed by atoms with E-state index < -0.39 is 6.10 Å². The quantitative estimate of drug-likeness (QED) is 0.845. The molecule has 19 heavy (non-hydrogen) atoms. The lowest BCUT2D eigenvalue weighted by Gasteiger charge is -2.30. The average molecular weight is 265 g/mol. The number of rotatable bonds is 4. The van der Waals surface area contributed by atoms with Gasteiger partial charge in [-0.25, -0.2) is 5.48 Å². The second-order valence-electron chi connectivity index (χ2n) is 4.98. The number of hydrogen-bond donors (Lipinski definition) is 1.